The van der Waals surface area contributed by atoms with E-state index in [-0.39, 0.29) is 36.0 Å². The SMILES string of the molecule is CCCCNC(=NCc1cccc(C(=O)NCC2CCCO2)c1)NCC.I. The molecular weight excluding hydrogens is 455 g/mol. The van der Waals surface area contributed by atoms with Crippen molar-refractivity contribution in [2.45, 2.75) is 52.2 Å². The number of benzene rings is 1. The van der Waals surface area contributed by atoms with E-state index in [9.17, 15) is 4.79 Å². The summed E-state index contributed by atoms with van der Waals surface area (Å²) >= 11 is 0. The average Bonchev–Trinajstić information content (AvgIpc) is 3.18. The number of nitrogens with one attached hydrogen (secondary N) is 3. The van der Waals surface area contributed by atoms with Crippen LogP contribution in [0.25, 0.3) is 0 Å². The number of rotatable bonds is 9. The Morgan fingerprint density at radius 2 is 2.11 bits per heavy atom. The molecule has 1 saturated heterocycles. The molecule has 1 atom stereocenters. The van der Waals surface area contributed by atoms with Gasteiger partial charge in [-0.2, -0.15) is 0 Å². The summed E-state index contributed by atoms with van der Waals surface area (Å²) in [5.74, 6) is 0.758. The molecule has 7 heteroatoms. The smallest absolute Gasteiger partial charge is 0.251 e. The van der Waals surface area contributed by atoms with Gasteiger partial charge in [0, 0.05) is 31.8 Å². The van der Waals surface area contributed by atoms with Crippen LogP contribution in [0.1, 0.15) is 55.5 Å². The van der Waals surface area contributed by atoms with Crippen LogP contribution in [0.15, 0.2) is 29.3 Å². The van der Waals surface area contributed by atoms with Gasteiger partial charge in [0.25, 0.3) is 5.91 Å². The van der Waals surface area contributed by atoms with Gasteiger partial charge < -0.3 is 20.7 Å². The molecule has 1 fully saturated rings. The van der Waals surface area contributed by atoms with Crippen molar-refractivity contribution in [2.75, 3.05) is 26.2 Å². The second-order valence-corrected chi connectivity index (χ2v) is 6.52. The van der Waals surface area contributed by atoms with E-state index in [0.29, 0.717) is 18.7 Å². The summed E-state index contributed by atoms with van der Waals surface area (Å²) in [5.41, 5.74) is 1.68. The minimum absolute atomic E-state index is 0. The Hall–Kier alpha value is -1.35. The number of carbonyl (C=O) groups is 1. The van der Waals surface area contributed by atoms with Gasteiger partial charge in [-0.1, -0.05) is 25.5 Å². The highest BCUT2D eigenvalue weighted by Crippen LogP contribution is 2.11. The first-order valence-corrected chi connectivity index (χ1v) is 9.73. The molecule has 1 unspecified atom stereocenters. The van der Waals surface area contributed by atoms with Gasteiger partial charge in [0.05, 0.1) is 12.6 Å². The largest absolute Gasteiger partial charge is 0.376 e. The number of halogens is 1. The molecule has 6 nitrogen and oxygen atoms in total. The van der Waals surface area contributed by atoms with Crippen molar-refractivity contribution in [3.63, 3.8) is 0 Å². The quantitative estimate of drug-likeness (QED) is 0.216. The Kier molecular flexibility index (Phi) is 12.1. The molecule has 1 aliphatic rings. The number of hydrogen-bond acceptors (Lipinski definition) is 3. The van der Waals surface area contributed by atoms with Crippen molar-refractivity contribution < 1.29 is 9.53 Å². The zero-order valence-corrected chi connectivity index (χ0v) is 18.8. The zero-order chi connectivity index (χ0) is 18.6. The summed E-state index contributed by atoms with van der Waals surface area (Å²) in [6.45, 7) is 7.87. The average molecular weight is 488 g/mol. The van der Waals surface area contributed by atoms with Gasteiger partial charge >= 0.3 is 0 Å². The van der Waals surface area contributed by atoms with Crippen molar-refractivity contribution in [2.24, 2.45) is 4.99 Å². The minimum atomic E-state index is -0.0562. The van der Waals surface area contributed by atoms with Crippen molar-refractivity contribution in [1.29, 1.82) is 0 Å². The lowest BCUT2D eigenvalue weighted by atomic mass is 10.1. The maximum absolute atomic E-state index is 12.3. The van der Waals surface area contributed by atoms with E-state index in [1.165, 1.54) is 0 Å². The molecule has 0 spiro atoms. The van der Waals surface area contributed by atoms with E-state index in [1.54, 1.807) is 0 Å². The number of unbranched alkanes of at least 4 members (excludes halogenated alkanes) is 1. The van der Waals surface area contributed by atoms with E-state index in [0.717, 1.165) is 56.9 Å². The van der Waals surface area contributed by atoms with E-state index in [2.05, 4.69) is 34.8 Å². The van der Waals surface area contributed by atoms with Gasteiger partial charge in [-0.15, -0.1) is 24.0 Å². The molecule has 1 amide bonds. The molecule has 0 aliphatic carbocycles. The monoisotopic (exact) mass is 488 g/mol. The lowest BCUT2D eigenvalue weighted by Crippen LogP contribution is -2.37. The van der Waals surface area contributed by atoms with E-state index < -0.39 is 0 Å². The molecule has 27 heavy (non-hydrogen) atoms. The third kappa shape index (κ3) is 8.92. The molecule has 1 aromatic rings. The highest BCUT2D eigenvalue weighted by Gasteiger charge is 2.16. The summed E-state index contributed by atoms with van der Waals surface area (Å²) in [5, 5.41) is 9.54. The molecule has 0 saturated carbocycles. The van der Waals surface area contributed by atoms with Crippen LogP contribution in [-0.2, 0) is 11.3 Å². The predicted octanol–water partition coefficient (Wildman–Crippen LogP) is 3.07. The molecule has 0 radical (unpaired) electrons. The fraction of sp³-hybridized carbons (Fsp3) is 0.600. The lowest BCUT2D eigenvalue weighted by molar-refractivity contribution is 0.0857. The van der Waals surface area contributed by atoms with Gasteiger partial charge in [0.15, 0.2) is 5.96 Å². The van der Waals surface area contributed by atoms with Gasteiger partial charge in [0.2, 0.25) is 0 Å². The Bertz CT molecular complexity index is 589. The molecule has 0 aromatic heterocycles. The molecule has 3 N–H and O–H groups in total. The standard InChI is InChI=1S/C20H32N4O2.HI/c1-3-5-11-22-20(21-4-2)24-14-16-8-6-9-17(13-16)19(25)23-15-18-10-7-12-26-18;/h6,8-9,13,18H,3-5,7,10-12,14-15H2,1-2H3,(H,23,25)(H2,21,22,24);1H. The molecule has 1 aliphatic heterocycles. The summed E-state index contributed by atoms with van der Waals surface area (Å²) < 4.78 is 5.54. The first kappa shape index (κ1) is 23.7. The first-order valence-electron chi connectivity index (χ1n) is 9.73. The van der Waals surface area contributed by atoms with Crippen molar-refractivity contribution in [3.8, 4) is 0 Å². The lowest BCUT2D eigenvalue weighted by Gasteiger charge is -2.12. The second kappa shape index (κ2) is 13.8. The number of hydrogen-bond donors (Lipinski definition) is 3. The van der Waals surface area contributed by atoms with Crippen LogP contribution in [0.2, 0.25) is 0 Å². The summed E-state index contributed by atoms with van der Waals surface area (Å²) in [6, 6.07) is 7.64. The Labute approximate surface area is 179 Å². The Balaban J connectivity index is 0.00000364. The van der Waals surface area contributed by atoms with Crippen LogP contribution in [0.4, 0.5) is 0 Å². The van der Waals surface area contributed by atoms with Crippen LogP contribution in [0.5, 0.6) is 0 Å². The Morgan fingerprint density at radius 1 is 1.26 bits per heavy atom. The minimum Gasteiger partial charge on any atom is -0.376 e. The number of guanidine groups is 1. The number of carbonyl (C=O) groups excluding carboxylic acids is 1. The van der Waals surface area contributed by atoms with Crippen molar-refractivity contribution in [3.05, 3.63) is 35.4 Å². The number of ether oxygens (including phenoxy) is 1. The number of nitrogens with zero attached hydrogens (tertiary/aromatic N) is 1. The summed E-state index contributed by atoms with van der Waals surface area (Å²) in [4.78, 5) is 16.9. The van der Waals surface area contributed by atoms with Gasteiger partial charge in [-0.3, -0.25) is 4.79 Å². The highest BCUT2D eigenvalue weighted by atomic mass is 127. The van der Waals surface area contributed by atoms with Gasteiger partial charge in [0.1, 0.15) is 0 Å². The molecule has 0 bridgehead atoms. The van der Waals surface area contributed by atoms with Crippen LogP contribution >= 0.6 is 24.0 Å². The molecule has 2 rings (SSSR count). The van der Waals surface area contributed by atoms with Crippen LogP contribution in [0.3, 0.4) is 0 Å². The maximum Gasteiger partial charge on any atom is 0.251 e. The normalized spacial score (nSPS) is 16.5. The van der Waals surface area contributed by atoms with Crippen LogP contribution < -0.4 is 16.0 Å². The van der Waals surface area contributed by atoms with E-state index in [4.69, 9.17) is 4.74 Å². The topological polar surface area (TPSA) is 74.8 Å². The van der Waals surface area contributed by atoms with Crippen LogP contribution in [-0.4, -0.2) is 44.2 Å². The third-order valence-electron chi connectivity index (χ3n) is 4.29. The van der Waals surface area contributed by atoms with Crippen molar-refractivity contribution >= 4 is 35.8 Å². The van der Waals surface area contributed by atoms with Gasteiger partial charge in [-0.05, 0) is 43.9 Å². The van der Waals surface area contributed by atoms with Gasteiger partial charge in [-0.25, -0.2) is 4.99 Å². The maximum atomic E-state index is 12.3. The Morgan fingerprint density at radius 3 is 2.81 bits per heavy atom. The fourth-order valence-electron chi connectivity index (χ4n) is 2.82. The first-order chi connectivity index (χ1) is 12.7. The van der Waals surface area contributed by atoms with Crippen LogP contribution in [0, 0.1) is 0 Å². The molecule has 152 valence electrons. The molecular formula is C20H33IN4O2. The molecule has 1 heterocycles. The number of aliphatic imine (C=N–C) groups is 1. The highest BCUT2D eigenvalue weighted by molar-refractivity contribution is 14.0. The fourth-order valence-corrected chi connectivity index (χ4v) is 2.82. The van der Waals surface area contributed by atoms with E-state index in [1.807, 2.05) is 24.3 Å². The molecule has 1 aromatic carbocycles. The zero-order valence-electron chi connectivity index (χ0n) is 16.4. The summed E-state index contributed by atoms with van der Waals surface area (Å²) in [7, 11) is 0. The predicted molar refractivity (Wildman–Crippen MR) is 121 cm³/mol. The summed E-state index contributed by atoms with van der Waals surface area (Å²) in [6.07, 6.45) is 4.52. The number of amides is 1. The van der Waals surface area contributed by atoms with E-state index >= 15 is 0 Å². The third-order valence-corrected chi connectivity index (χ3v) is 4.29. The van der Waals surface area contributed by atoms with Crippen molar-refractivity contribution in [1.82, 2.24) is 16.0 Å². The second-order valence-electron chi connectivity index (χ2n) is 6.52.